The van der Waals surface area contributed by atoms with Gasteiger partial charge in [0, 0.05) is 29.7 Å². The standard InChI is InChI=1S/C21H27ClN2O2S/c1-16-7-6-8-17(2)24(16)21(18-9-4-3-5-10-18)15-23-27(25,26)20-13-11-19(22)12-14-20/h3-5,9-14,16-17,21,23H,6-8,15H2,1-2H3/t16-,17+,21-/m0/s1. The fraction of sp³-hybridized carbons (Fsp3) is 0.429. The highest BCUT2D eigenvalue weighted by Gasteiger charge is 2.32. The van der Waals surface area contributed by atoms with E-state index in [0.29, 0.717) is 23.7 Å². The van der Waals surface area contributed by atoms with Crippen LogP contribution in [0.15, 0.2) is 59.5 Å². The van der Waals surface area contributed by atoms with Gasteiger partial charge in [-0.25, -0.2) is 13.1 Å². The zero-order valence-corrected chi connectivity index (χ0v) is 17.4. The Morgan fingerprint density at radius 2 is 1.63 bits per heavy atom. The minimum atomic E-state index is -3.59. The number of nitrogens with one attached hydrogen (secondary N) is 1. The third-order valence-electron chi connectivity index (χ3n) is 5.40. The van der Waals surface area contributed by atoms with Gasteiger partial charge in [0.2, 0.25) is 10.0 Å². The first-order valence-corrected chi connectivity index (χ1v) is 11.3. The van der Waals surface area contributed by atoms with Crippen molar-refractivity contribution in [2.75, 3.05) is 6.54 Å². The summed E-state index contributed by atoms with van der Waals surface area (Å²) in [6.45, 7) is 4.81. The van der Waals surface area contributed by atoms with E-state index in [-0.39, 0.29) is 10.9 Å². The molecular weight excluding hydrogens is 380 g/mol. The maximum Gasteiger partial charge on any atom is 0.240 e. The Kier molecular flexibility index (Phi) is 6.58. The fourth-order valence-corrected chi connectivity index (χ4v) is 5.18. The van der Waals surface area contributed by atoms with Crippen LogP contribution in [0.25, 0.3) is 0 Å². The van der Waals surface area contributed by atoms with E-state index in [0.717, 1.165) is 18.4 Å². The molecule has 4 nitrogen and oxygen atoms in total. The van der Waals surface area contributed by atoms with Gasteiger partial charge in [-0.05, 0) is 56.5 Å². The topological polar surface area (TPSA) is 49.4 Å². The van der Waals surface area contributed by atoms with Crippen molar-refractivity contribution in [3.8, 4) is 0 Å². The van der Waals surface area contributed by atoms with Crippen LogP contribution in [-0.2, 0) is 10.0 Å². The Balaban J connectivity index is 1.84. The molecule has 0 saturated carbocycles. The van der Waals surface area contributed by atoms with Crippen molar-refractivity contribution in [1.29, 1.82) is 0 Å². The van der Waals surface area contributed by atoms with Crippen LogP contribution in [0.5, 0.6) is 0 Å². The van der Waals surface area contributed by atoms with E-state index < -0.39 is 10.0 Å². The van der Waals surface area contributed by atoms with Gasteiger partial charge >= 0.3 is 0 Å². The molecule has 27 heavy (non-hydrogen) atoms. The summed E-state index contributed by atoms with van der Waals surface area (Å²) in [5.74, 6) is 0. The summed E-state index contributed by atoms with van der Waals surface area (Å²) in [5, 5.41) is 0.520. The summed E-state index contributed by atoms with van der Waals surface area (Å²) in [6, 6.07) is 17.3. The van der Waals surface area contributed by atoms with Crippen molar-refractivity contribution in [3.63, 3.8) is 0 Å². The van der Waals surface area contributed by atoms with Gasteiger partial charge in [0.25, 0.3) is 0 Å². The molecule has 1 fully saturated rings. The van der Waals surface area contributed by atoms with Crippen molar-refractivity contribution in [3.05, 3.63) is 65.2 Å². The number of hydrogen-bond acceptors (Lipinski definition) is 3. The molecule has 146 valence electrons. The molecule has 1 aliphatic rings. The number of hydrogen-bond donors (Lipinski definition) is 1. The summed E-state index contributed by atoms with van der Waals surface area (Å²) < 4.78 is 28.3. The maximum atomic E-state index is 12.8. The molecule has 0 aromatic heterocycles. The minimum Gasteiger partial charge on any atom is -0.290 e. The lowest BCUT2D eigenvalue weighted by atomic mass is 9.92. The van der Waals surface area contributed by atoms with Crippen molar-refractivity contribution >= 4 is 21.6 Å². The molecule has 1 saturated heterocycles. The molecule has 1 N–H and O–H groups in total. The number of halogens is 1. The molecule has 6 heteroatoms. The van der Waals surface area contributed by atoms with Crippen LogP contribution in [0, 0.1) is 0 Å². The first-order chi connectivity index (χ1) is 12.9. The number of sulfonamides is 1. The summed E-state index contributed by atoms with van der Waals surface area (Å²) in [4.78, 5) is 2.70. The second-order valence-corrected chi connectivity index (χ2v) is 9.51. The van der Waals surface area contributed by atoms with Crippen molar-refractivity contribution in [2.24, 2.45) is 0 Å². The second-order valence-electron chi connectivity index (χ2n) is 7.31. The second kappa shape index (κ2) is 8.74. The molecule has 3 rings (SSSR count). The van der Waals surface area contributed by atoms with Gasteiger partial charge < -0.3 is 0 Å². The van der Waals surface area contributed by atoms with Crippen LogP contribution in [0.4, 0.5) is 0 Å². The SMILES string of the molecule is C[C@@H]1CCC[C@H](C)N1[C@@H](CNS(=O)(=O)c1ccc(Cl)cc1)c1ccccc1. The van der Waals surface area contributed by atoms with E-state index in [1.54, 1.807) is 12.1 Å². The van der Waals surface area contributed by atoms with Crippen molar-refractivity contribution in [2.45, 2.75) is 56.1 Å². The number of benzene rings is 2. The Morgan fingerprint density at radius 3 is 2.22 bits per heavy atom. The smallest absolute Gasteiger partial charge is 0.240 e. The number of rotatable bonds is 6. The first kappa shape index (κ1) is 20.3. The fourth-order valence-electron chi connectivity index (χ4n) is 4.01. The Hall–Kier alpha value is -1.40. The third kappa shape index (κ3) is 4.91. The van der Waals surface area contributed by atoms with Gasteiger partial charge in [0.05, 0.1) is 4.90 Å². The van der Waals surface area contributed by atoms with Crippen LogP contribution >= 0.6 is 11.6 Å². The van der Waals surface area contributed by atoms with Crippen LogP contribution in [0.3, 0.4) is 0 Å². The quantitative estimate of drug-likeness (QED) is 0.761. The van der Waals surface area contributed by atoms with E-state index in [9.17, 15) is 8.42 Å². The molecule has 0 bridgehead atoms. The van der Waals surface area contributed by atoms with E-state index in [4.69, 9.17) is 11.6 Å². The van der Waals surface area contributed by atoms with Gasteiger partial charge in [0.1, 0.15) is 0 Å². The molecule has 3 atom stereocenters. The largest absolute Gasteiger partial charge is 0.290 e. The summed E-state index contributed by atoms with van der Waals surface area (Å²) in [5.41, 5.74) is 1.14. The predicted molar refractivity (Wildman–Crippen MR) is 110 cm³/mol. The number of nitrogens with zero attached hydrogens (tertiary/aromatic N) is 1. The summed E-state index contributed by atoms with van der Waals surface area (Å²) in [6.07, 6.45) is 3.49. The normalized spacial score (nSPS) is 22.5. The van der Waals surface area contributed by atoms with Gasteiger partial charge in [-0.1, -0.05) is 48.4 Å². The summed E-state index contributed by atoms with van der Waals surface area (Å²) >= 11 is 5.88. The highest BCUT2D eigenvalue weighted by molar-refractivity contribution is 7.89. The van der Waals surface area contributed by atoms with Crippen molar-refractivity contribution < 1.29 is 8.42 Å². The zero-order valence-electron chi connectivity index (χ0n) is 15.8. The number of piperidine rings is 1. The monoisotopic (exact) mass is 406 g/mol. The molecular formula is C21H27ClN2O2S. The van der Waals surface area contributed by atoms with E-state index in [1.807, 2.05) is 18.2 Å². The highest BCUT2D eigenvalue weighted by Crippen LogP contribution is 2.32. The first-order valence-electron chi connectivity index (χ1n) is 9.46. The van der Waals surface area contributed by atoms with Gasteiger partial charge in [-0.2, -0.15) is 0 Å². The van der Waals surface area contributed by atoms with Crippen LogP contribution < -0.4 is 4.72 Å². The molecule has 0 aliphatic carbocycles. The number of likely N-dealkylation sites (tertiary alicyclic amines) is 1. The molecule has 2 aromatic carbocycles. The average Bonchev–Trinajstić information content (AvgIpc) is 2.65. The predicted octanol–water partition coefficient (Wildman–Crippen LogP) is 4.62. The molecule has 0 radical (unpaired) electrons. The average molecular weight is 407 g/mol. The molecule has 0 unspecified atom stereocenters. The van der Waals surface area contributed by atoms with Crippen LogP contribution in [0.2, 0.25) is 5.02 Å². The Bertz CT molecular complexity index is 830. The van der Waals surface area contributed by atoms with Gasteiger partial charge in [0.15, 0.2) is 0 Å². The van der Waals surface area contributed by atoms with E-state index >= 15 is 0 Å². The van der Waals surface area contributed by atoms with Crippen molar-refractivity contribution in [1.82, 2.24) is 9.62 Å². The molecule has 1 heterocycles. The lowest BCUT2D eigenvalue weighted by Crippen LogP contribution is -2.49. The minimum absolute atomic E-state index is 0.00132. The lowest BCUT2D eigenvalue weighted by molar-refractivity contribution is 0.0561. The Morgan fingerprint density at radius 1 is 1.04 bits per heavy atom. The zero-order chi connectivity index (χ0) is 19.4. The van der Waals surface area contributed by atoms with E-state index in [1.165, 1.54) is 18.6 Å². The van der Waals surface area contributed by atoms with Gasteiger partial charge in [-0.3, -0.25) is 4.90 Å². The van der Waals surface area contributed by atoms with Crippen LogP contribution in [-0.4, -0.2) is 31.9 Å². The molecule has 1 aliphatic heterocycles. The summed E-state index contributed by atoms with van der Waals surface area (Å²) in [7, 11) is -3.59. The third-order valence-corrected chi connectivity index (χ3v) is 7.09. The lowest BCUT2D eigenvalue weighted by Gasteiger charge is -2.44. The molecule has 0 spiro atoms. The Labute approximate surface area is 167 Å². The van der Waals surface area contributed by atoms with Gasteiger partial charge in [-0.15, -0.1) is 0 Å². The highest BCUT2D eigenvalue weighted by atomic mass is 35.5. The van der Waals surface area contributed by atoms with Crippen LogP contribution in [0.1, 0.15) is 44.7 Å². The van der Waals surface area contributed by atoms with E-state index in [2.05, 4.69) is 35.6 Å². The molecule has 2 aromatic rings. The maximum absolute atomic E-state index is 12.8. The molecule has 0 amide bonds.